The summed E-state index contributed by atoms with van der Waals surface area (Å²) in [6, 6.07) is 15.2. The summed E-state index contributed by atoms with van der Waals surface area (Å²) >= 11 is 0. The zero-order valence-electron chi connectivity index (χ0n) is 11.2. The second-order valence-electron chi connectivity index (χ2n) is 4.55. The molecule has 0 radical (unpaired) electrons. The largest absolute Gasteiger partial charge is 0.326 e. The molecule has 2 rings (SSSR count). The molecule has 2 N–H and O–H groups in total. The SMILES string of the molecule is CCc1ccc(-c2ccccc2CN)cc1CC. The Hall–Kier alpha value is -1.60. The first-order valence-corrected chi connectivity index (χ1v) is 6.70. The van der Waals surface area contributed by atoms with Gasteiger partial charge in [0.1, 0.15) is 0 Å². The molecule has 2 aromatic carbocycles. The fourth-order valence-corrected chi connectivity index (χ4v) is 2.45. The summed E-state index contributed by atoms with van der Waals surface area (Å²) < 4.78 is 0. The van der Waals surface area contributed by atoms with Gasteiger partial charge in [-0.05, 0) is 40.7 Å². The van der Waals surface area contributed by atoms with Gasteiger partial charge in [0.05, 0.1) is 0 Å². The van der Waals surface area contributed by atoms with Gasteiger partial charge in [-0.3, -0.25) is 0 Å². The van der Waals surface area contributed by atoms with Crippen LogP contribution in [0.3, 0.4) is 0 Å². The van der Waals surface area contributed by atoms with Gasteiger partial charge >= 0.3 is 0 Å². The highest BCUT2D eigenvalue weighted by Crippen LogP contribution is 2.26. The predicted octanol–water partition coefficient (Wildman–Crippen LogP) is 3.94. The first-order chi connectivity index (χ1) is 8.80. The van der Waals surface area contributed by atoms with Crippen LogP contribution in [0.25, 0.3) is 11.1 Å². The number of nitrogens with two attached hydrogens (primary N) is 1. The molecule has 0 aliphatic carbocycles. The molecule has 0 saturated heterocycles. The van der Waals surface area contributed by atoms with Crippen molar-refractivity contribution in [1.82, 2.24) is 0 Å². The number of hydrogen-bond donors (Lipinski definition) is 1. The van der Waals surface area contributed by atoms with E-state index in [1.807, 2.05) is 6.07 Å². The van der Waals surface area contributed by atoms with Crippen LogP contribution >= 0.6 is 0 Å². The van der Waals surface area contributed by atoms with Gasteiger partial charge in [0.2, 0.25) is 0 Å². The summed E-state index contributed by atoms with van der Waals surface area (Å²) in [6.45, 7) is 5.02. The van der Waals surface area contributed by atoms with Crippen LogP contribution in [0.2, 0.25) is 0 Å². The van der Waals surface area contributed by atoms with Crippen molar-refractivity contribution in [3.8, 4) is 11.1 Å². The number of rotatable bonds is 4. The van der Waals surface area contributed by atoms with Gasteiger partial charge in [-0.25, -0.2) is 0 Å². The third-order valence-corrected chi connectivity index (χ3v) is 3.52. The van der Waals surface area contributed by atoms with Crippen LogP contribution in [0.1, 0.15) is 30.5 Å². The summed E-state index contributed by atoms with van der Waals surface area (Å²) in [6.07, 6.45) is 2.18. The molecule has 0 aliphatic heterocycles. The van der Waals surface area contributed by atoms with E-state index >= 15 is 0 Å². The van der Waals surface area contributed by atoms with E-state index in [1.165, 1.54) is 27.8 Å². The van der Waals surface area contributed by atoms with Gasteiger partial charge in [-0.1, -0.05) is 56.3 Å². The summed E-state index contributed by atoms with van der Waals surface area (Å²) in [7, 11) is 0. The van der Waals surface area contributed by atoms with Crippen molar-refractivity contribution in [3.05, 3.63) is 59.2 Å². The Morgan fingerprint density at radius 1 is 0.833 bits per heavy atom. The quantitative estimate of drug-likeness (QED) is 0.859. The van der Waals surface area contributed by atoms with Crippen molar-refractivity contribution in [3.63, 3.8) is 0 Å². The van der Waals surface area contributed by atoms with Gasteiger partial charge in [0.25, 0.3) is 0 Å². The third kappa shape index (κ3) is 2.46. The molecule has 1 nitrogen and oxygen atoms in total. The molecule has 0 atom stereocenters. The van der Waals surface area contributed by atoms with E-state index in [4.69, 9.17) is 5.73 Å². The predicted molar refractivity (Wildman–Crippen MR) is 78.5 cm³/mol. The van der Waals surface area contributed by atoms with E-state index in [1.54, 1.807) is 0 Å². The normalized spacial score (nSPS) is 10.6. The lowest BCUT2D eigenvalue weighted by atomic mass is 9.94. The maximum Gasteiger partial charge on any atom is 0.0184 e. The summed E-state index contributed by atoms with van der Waals surface area (Å²) in [5.41, 5.74) is 12.5. The molecule has 0 spiro atoms. The molecule has 2 aromatic rings. The van der Waals surface area contributed by atoms with E-state index in [2.05, 4.69) is 50.2 Å². The minimum Gasteiger partial charge on any atom is -0.326 e. The molecule has 0 aromatic heterocycles. The molecule has 1 heteroatoms. The van der Waals surface area contributed by atoms with Gasteiger partial charge < -0.3 is 5.73 Å². The smallest absolute Gasteiger partial charge is 0.0184 e. The van der Waals surface area contributed by atoms with E-state index in [0.29, 0.717) is 6.54 Å². The minimum atomic E-state index is 0.590. The van der Waals surface area contributed by atoms with E-state index in [-0.39, 0.29) is 0 Å². The monoisotopic (exact) mass is 239 g/mol. The second kappa shape index (κ2) is 5.83. The molecular formula is C17H21N. The van der Waals surface area contributed by atoms with Crippen molar-refractivity contribution in [2.75, 3.05) is 0 Å². The van der Waals surface area contributed by atoms with Crippen LogP contribution < -0.4 is 5.73 Å². The van der Waals surface area contributed by atoms with Crippen LogP contribution in [0.5, 0.6) is 0 Å². The van der Waals surface area contributed by atoms with Gasteiger partial charge in [-0.2, -0.15) is 0 Å². The van der Waals surface area contributed by atoms with Crippen LogP contribution in [-0.2, 0) is 19.4 Å². The molecule has 18 heavy (non-hydrogen) atoms. The molecular weight excluding hydrogens is 218 g/mol. The van der Waals surface area contributed by atoms with Crippen LogP contribution in [0, 0.1) is 0 Å². The molecule has 0 amide bonds. The highest BCUT2D eigenvalue weighted by Gasteiger charge is 2.06. The average molecular weight is 239 g/mol. The lowest BCUT2D eigenvalue weighted by Gasteiger charge is -2.12. The molecule has 0 aliphatic rings. The van der Waals surface area contributed by atoms with Crippen molar-refractivity contribution < 1.29 is 0 Å². The molecule has 0 bridgehead atoms. The van der Waals surface area contributed by atoms with Gasteiger partial charge in [0.15, 0.2) is 0 Å². The Bertz CT molecular complexity index is 529. The third-order valence-electron chi connectivity index (χ3n) is 3.52. The van der Waals surface area contributed by atoms with Crippen molar-refractivity contribution in [1.29, 1.82) is 0 Å². The van der Waals surface area contributed by atoms with Crippen molar-refractivity contribution >= 4 is 0 Å². The standard InChI is InChI=1S/C17H21N/c1-3-13-9-10-15(11-14(13)4-2)17-8-6-5-7-16(17)12-18/h5-11H,3-4,12,18H2,1-2H3. The topological polar surface area (TPSA) is 26.0 Å². The van der Waals surface area contributed by atoms with Crippen LogP contribution in [0.15, 0.2) is 42.5 Å². The van der Waals surface area contributed by atoms with E-state index < -0.39 is 0 Å². The van der Waals surface area contributed by atoms with Crippen LogP contribution in [-0.4, -0.2) is 0 Å². The lowest BCUT2D eigenvalue weighted by Crippen LogP contribution is -1.99. The highest BCUT2D eigenvalue weighted by atomic mass is 14.5. The number of benzene rings is 2. The second-order valence-corrected chi connectivity index (χ2v) is 4.55. The Balaban J connectivity index is 2.51. The summed E-state index contributed by atoms with van der Waals surface area (Å²) in [5, 5.41) is 0. The highest BCUT2D eigenvalue weighted by molar-refractivity contribution is 5.68. The molecule has 0 unspecified atom stereocenters. The molecule has 0 fully saturated rings. The first-order valence-electron chi connectivity index (χ1n) is 6.70. The van der Waals surface area contributed by atoms with Gasteiger partial charge in [-0.15, -0.1) is 0 Å². The Morgan fingerprint density at radius 2 is 1.56 bits per heavy atom. The Kier molecular flexibility index (Phi) is 4.16. The van der Waals surface area contributed by atoms with E-state index in [9.17, 15) is 0 Å². The fraction of sp³-hybridized carbons (Fsp3) is 0.294. The maximum absolute atomic E-state index is 5.81. The number of aryl methyl sites for hydroxylation is 2. The Morgan fingerprint density at radius 3 is 2.22 bits per heavy atom. The van der Waals surface area contributed by atoms with Crippen LogP contribution in [0.4, 0.5) is 0 Å². The Labute approximate surface area is 110 Å². The summed E-state index contributed by atoms with van der Waals surface area (Å²) in [5.74, 6) is 0. The first kappa shape index (κ1) is 12.8. The maximum atomic E-state index is 5.81. The minimum absolute atomic E-state index is 0.590. The fourth-order valence-electron chi connectivity index (χ4n) is 2.45. The van der Waals surface area contributed by atoms with Gasteiger partial charge in [0, 0.05) is 6.54 Å². The van der Waals surface area contributed by atoms with Crippen molar-refractivity contribution in [2.45, 2.75) is 33.2 Å². The average Bonchev–Trinajstić information content (AvgIpc) is 2.46. The zero-order chi connectivity index (χ0) is 13.0. The number of hydrogen-bond acceptors (Lipinski definition) is 1. The summed E-state index contributed by atoms with van der Waals surface area (Å²) in [4.78, 5) is 0. The van der Waals surface area contributed by atoms with Crippen molar-refractivity contribution in [2.24, 2.45) is 5.73 Å². The molecule has 0 heterocycles. The lowest BCUT2D eigenvalue weighted by molar-refractivity contribution is 1.04. The molecule has 0 saturated carbocycles. The zero-order valence-corrected chi connectivity index (χ0v) is 11.2. The molecule has 94 valence electrons. The van der Waals surface area contributed by atoms with E-state index in [0.717, 1.165) is 12.8 Å².